The molecule has 0 bridgehead atoms. The number of carbonyl (C=O) groups excluding carboxylic acids is 1. The molecule has 5 nitrogen and oxygen atoms in total. The van der Waals surface area contributed by atoms with Crippen LogP contribution in [0.5, 0.6) is 0 Å². The fourth-order valence-corrected chi connectivity index (χ4v) is 3.82. The van der Waals surface area contributed by atoms with Crippen LogP contribution in [0.25, 0.3) is 0 Å². The van der Waals surface area contributed by atoms with Crippen LogP contribution in [0.15, 0.2) is 16.0 Å². The fraction of sp³-hybridized carbons (Fsp3) is 0.688. The predicted molar refractivity (Wildman–Crippen MR) is 89.1 cm³/mol. The Bertz CT molecular complexity index is 563. The lowest BCUT2D eigenvalue weighted by atomic mass is 9.92. The number of piperidine rings is 1. The summed E-state index contributed by atoms with van der Waals surface area (Å²) in [5.74, 6) is 1.58. The van der Waals surface area contributed by atoms with Crippen LogP contribution < -0.4 is 5.56 Å². The molecule has 0 unspecified atom stereocenters. The average Bonchev–Trinajstić information content (AvgIpc) is 2.43. The molecule has 0 saturated carbocycles. The van der Waals surface area contributed by atoms with E-state index in [0.717, 1.165) is 31.6 Å². The molecule has 0 aromatic carbocycles. The van der Waals surface area contributed by atoms with Gasteiger partial charge in [-0.2, -0.15) is 0 Å². The van der Waals surface area contributed by atoms with Crippen molar-refractivity contribution in [2.75, 3.05) is 18.8 Å². The highest BCUT2D eigenvalue weighted by Gasteiger charge is 2.25. The van der Waals surface area contributed by atoms with Crippen molar-refractivity contribution in [3.63, 3.8) is 0 Å². The summed E-state index contributed by atoms with van der Waals surface area (Å²) in [5.41, 5.74) is 0.648. The van der Waals surface area contributed by atoms with Crippen LogP contribution in [0.4, 0.5) is 0 Å². The van der Waals surface area contributed by atoms with Gasteiger partial charge >= 0.3 is 0 Å². The van der Waals surface area contributed by atoms with Crippen LogP contribution in [0.1, 0.15) is 39.3 Å². The number of nitrogens with one attached hydrogen (secondary N) is 1. The minimum Gasteiger partial charge on any atom is -0.341 e. The molecular formula is C16H25N3O2S. The summed E-state index contributed by atoms with van der Waals surface area (Å²) < 4.78 is 0. The second-order valence-electron chi connectivity index (χ2n) is 6.33. The number of rotatable bonds is 5. The molecule has 1 fully saturated rings. The molecule has 0 spiro atoms. The van der Waals surface area contributed by atoms with Crippen molar-refractivity contribution >= 4 is 17.7 Å². The zero-order chi connectivity index (χ0) is 16.1. The van der Waals surface area contributed by atoms with Crippen molar-refractivity contribution in [2.24, 2.45) is 11.8 Å². The molecule has 1 aliphatic heterocycles. The third kappa shape index (κ3) is 4.87. The Morgan fingerprint density at radius 2 is 2.09 bits per heavy atom. The number of nitrogens with zero attached hydrogens (tertiary/aromatic N) is 2. The molecule has 1 amide bonds. The van der Waals surface area contributed by atoms with Gasteiger partial charge in [0.05, 0.1) is 5.75 Å². The van der Waals surface area contributed by atoms with Crippen molar-refractivity contribution < 1.29 is 4.79 Å². The lowest BCUT2D eigenvalue weighted by molar-refractivity contribution is -0.130. The minimum atomic E-state index is -0.145. The van der Waals surface area contributed by atoms with E-state index in [1.165, 1.54) is 24.2 Å². The van der Waals surface area contributed by atoms with Gasteiger partial charge in [0.25, 0.3) is 5.56 Å². The van der Waals surface area contributed by atoms with Crippen LogP contribution in [0.3, 0.4) is 0 Å². The second kappa shape index (κ2) is 7.81. The molecule has 1 aromatic heterocycles. The predicted octanol–water partition coefficient (Wildman–Crippen LogP) is 2.32. The van der Waals surface area contributed by atoms with E-state index in [2.05, 4.69) is 30.7 Å². The van der Waals surface area contributed by atoms with Gasteiger partial charge in [0.15, 0.2) is 5.16 Å². The van der Waals surface area contributed by atoms with Crippen molar-refractivity contribution in [3.05, 3.63) is 22.1 Å². The molecule has 122 valence electrons. The second-order valence-corrected chi connectivity index (χ2v) is 7.29. The van der Waals surface area contributed by atoms with Crippen molar-refractivity contribution in [1.82, 2.24) is 14.9 Å². The number of hydrogen-bond donors (Lipinski definition) is 1. The van der Waals surface area contributed by atoms with E-state index < -0.39 is 0 Å². The van der Waals surface area contributed by atoms with Crippen LogP contribution in [-0.2, 0) is 11.2 Å². The fourth-order valence-electron chi connectivity index (χ4n) is 3.02. The van der Waals surface area contributed by atoms with Gasteiger partial charge in [0.1, 0.15) is 0 Å². The van der Waals surface area contributed by atoms with Crippen LogP contribution in [-0.4, -0.2) is 39.6 Å². The van der Waals surface area contributed by atoms with E-state index >= 15 is 0 Å². The Labute approximate surface area is 135 Å². The molecule has 22 heavy (non-hydrogen) atoms. The van der Waals surface area contributed by atoms with Crippen LogP contribution in [0, 0.1) is 11.8 Å². The number of aryl methyl sites for hydroxylation is 1. The highest BCUT2D eigenvalue weighted by atomic mass is 32.2. The summed E-state index contributed by atoms with van der Waals surface area (Å²) in [6, 6.07) is 1.53. The lowest BCUT2D eigenvalue weighted by Crippen LogP contribution is -2.43. The number of carbonyl (C=O) groups is 1. The zero-order valence-electron chi connectivity index (χ0n) is 13.6. The Balaban J connectivity index is 1.94. The Morgan fingerprint density at radius 3 is 2.73 bits per heavy atom. The van der Waals surface area contributed by atoms with E-state index in [-0.39, 0.29) is 11.5 Å². The minimum absolute atomic E-state index is 0.131. The molecule has 1 N–H and O–H groups in total. The maximum Gasteiger partial charge on any atom is 0.251 e. The molecular weight excluding hydrogens is 298 g/mol. The SMILES string of the molecule is CCCc1cc(=O)[nH]c(SCC(=O)N2C[C@@H](C)C[C@H](C)C2)n1. The van der Waals surface area contributed by atoms with Gasteiger partial charge in [-0.25, -0.2) is 4.98 Å². The number of aromatic amines is 1. The summed E-state index contributed by atoms with van der Waals surface area (Å²) in [7, 11) is 0. The molecule has 1 aliphatic rings. The number of aromatic nitrogens is 2. The van der Waals surface area contributed by atoms with Gasteiger partial charge in [-0.15, -0.1) is 0 Å². The summed E-state index contributed by atoms with van der Waals surface area (Å²) in [4.78, 5) is 33.0. The van der Waals surface area contributed by atoms with Gasteiger partial charge in [-0.05, 0) is 24.7 Å². The number of thioether (sulfide) groups is 1. The van der Waals surface area contributed by atoms with Crippen molar-refractivity contribution in [2.45, 2.75) is 45.2 Å². The van der Waals surface area contributed by atoms with Gasteiger partial charge < -0.3 is 9.88 Å². The molecule has 1 aromatic rings. The summed E-state index contributed by atoms with van der Waals surface area (Å²) in [5, 5.41) is 0.544. The number of likely N-dealkylation sites (tertiary alicyclic amines) is 1. The third-order valence-corrected chi connectivity index (χ3v) is 4.69. The summed E-state index contributed by atoms with van der Waals surface area (Å²) in [6.45, 7) is 8.11. The van der Waals surface area contributed by atoms with E-state index in [9.17, 15) is 9.59 Å². The van der Waals surface area contributed by atoms with Crippen molar-refractivity contribution in [3.8, 4) is 0 Å². The smallest absolute Gasteiger partial charge is 0.251 e. The average molecular weight is 323 g/mol. The molecule has 6 heteroatoms. The first-order valence-corrected chi connectivity index (χ1v) is 8.97. The van der Waals surface area contributed by atoms with Gasteiger partial charge in [-0.1, -0.05) is 39.0 Å². The van der Waals surface area contributed by atoms with Crippen LogP contribution in [0.2, 0.25) is 0 Å². The van der Waals surface area contributed by atoms with Gasteiger partial charge in [-0.3, -0.25) is 9.59 Å². The first-order valence-electron chi connectivity index (χ1n) is 7.98. The molecule has 0 radical (unpaired) electrons. The first kappa shape index (κ1) is 17.1. The Hall–Kier alpha value is -1.30. The van der Waals surface area contributed by atoms with E-state index in [4.69, 9.17) is 0 Å². The van der Waals surface area contributed by atoms with Gasteiger partial charge in [0.2, 0.25) is 5.91 Å². The highest BCUT2D eigenvalue weighted by Crippen LogP contribution is 2.22. The Morgan fingerprint density at radius 1 is 1.41 bits per heavy atom. The molecule has 2 heterocycles. The maximum absolute atomic E-state index is 12.3. The summed E-state index contributed by atoms with van der Waals surface area (Å²) in [6.07, 6.45) is 2.92. The molecule has 1 saturated heterocycles. The molecule has 0 aliphatic carbocycles. The standard InChI is InChI=1S/C16H25N3O2S/c1-4-5-13-7-14(20)18-16(17-13)22-10-15(21)19-8-11(2)6-12(3)9-19/h7,11-12H,4-6,8-10H2,1-3H3,(H,17,18,20)/t11-,12-/m0/s1. The molecule has 2 rings (SSSR count). The number of H-pyrrole nitrogens is 1. The van der Waals surface area contributed by atoms with Crippen LogP contribution >= 0.6 is 11.8 Å². The van der Waals surface area contributed by atoms with Gasteiger partial charge in [0, 0.05) is 24.8 Å². The first-order chi connectivity index (χ1) is 10.5. The quantitative estimate of drug-likeness (QED) is 0.667. The van der Waals surface area contributed by atoms with E-state index in [1.807, 2.05) is 4.90 Å². The zero-order valence-corrected chi connectivity index (χ0v) is 14.4. The van der Waals surface area contributed by atoms with E-state index in [1.54, 1.807) is 0 Å². The highest BCUT2D eigenvalue weighted by molar-refractivity contribution is 7.99. The molecule has 2 atom stereocenters. The van der Waals surface area contributed by atoms with E-state index in [0.29, 0.717) is 22.7 Å². The third-order valence-electron chi connectivity index (χ3n) is 3.83. The number of amides is 1. The normalized spacial score (nSPS) is 21.9. The topological polar surface area (TPSA) is 66.1 Å². The largest absolute Gasteiger partial charge is 0.341 e. The lowest BCUT2D eigenvalue weighted by Gasteiger charge is -2.34. The number of hydrogen-bond acceptors (Lipinski definition) is 4. The maximum atomic E-state index is 12.3. The van der Waals surface area contributed by atoms with Crippen molar-refractivity contribution in [1.29, 1.82) is 0 Å². The summed E-state index contributed by atoms with van der Waals surface area (Å²) >= 11 is 1.32. The monoisotopic (exact) mass is 323 g/mol. The Kier molecular flexibility index (Phi) is 6.06.